The van der Waals surface area contributed by atoms with Crippen molar-refractivity contribution in [1.82, 2.24) is 10.2 Å². The van der Waals surface area contributed by atoms with Crippen molar-refractivity contribution in [1.29, 1.82) is 0 Å². The van der Waals surface area contributed by atoms with Crippen LogP contribution >= 0.6 is 11.6 Å². The summed E-state index contributed by atoms with van der Waals surface area (Å²) in [5, 5.41) is 18.0. The van der Waals surface area contributed by atoms with Crippen molar-refractivity contribution in [2.24, 2.45) is 5.73 Å². The number of anilines is 1. The molecule has 34 heavy (non-hydrogen) atoms. The van der Waals surface area contributed by atoms with Gasteiger partial charge in [-0.25, -0.2) is 12.8 Å². The molecule has 5 rings (SSSR count). The van der Waals surface area contributed by atoms with Crippen LogP contribution in [-0.2, 0) is 26.6 Å². The number of aromatic nitrogens is 2. The molecule has 3 aromatic rings. The van der Waals surface area contributed by atoms with E-state index in [4.69, 9.17) is 21.8 Å². The number of nitrogens with zero attached hydrogens (tertiary/aromatic N) is 3. The summed E-state index contributed by atoms with van der Waals surface area (Å²) in [6.07, 6.45) is 1.33. The van der Waals surface area contributed by atoms with Gasteiger partial charge in [0, 0.05) is 5.02 Å². The number of aliphatic hydroxyl groups excluding tert-OH is 1. The van der Waals surface area contributed by atoms with Crippen molar-refractivity contribution in [2.75, 3.05) is 17.3 Å². The molecule has 0 unspecified atom stereocenters. The van der Waals surface area contributed by atoms with Crippen LogP contribution in [0.2, 0.25) is 5.02 Å². The molecule has 2 aromatic carbocycles. The minimum absolute atomic E-state index is 0.0139. The molecule has 1 saturated carbocycles. The minimum atomic E-state index is -4.07. The molecule has 1 aliphatic carbocycles. The van der Waals surface area contributed by atoms with Gasteiger partial charge in [0.15, 0.2) is 9.84 Å². The molecule has 1 aliphatic heterocycles. The highest BCUT2D eigenvalue weighted by molar-refractivity contribution is 7.91. The SMILES string of the molecule is N[C@H]1CS(=O)(=O)c2cc(F)c(-c3nnc(C4(CO)CC4)o3)cc2N(Cc2ccc(Cl)cc2)C1=O. The third kappa shape index (κ3) is 3.88. The van der Waals surface area contributed by atoms with Crippen LogP contribution in [0.4, 0.5) is 10.1 Å². The number of rotatable bonds is 5. The number of nitrogens with two attached hydrogens (primary N) is 1. The number of fused-ring (bicyclic) bond motifs is 1. The molecule has 1 fully saturated rings. The monoisotopic (exact) mass is 506 g/mol. The van der Waals surface area contributed by atoms with Gasteiger partial charge in [-0.15, -0.1) is 10.2 Å². The van der Waals surface area contributed by atoms with Crippen LogP contribution in [0.1, 0.15) is 24.3 Å². The fourth-order valence-corrected chi connectivity index (χ4v) is 5.65. The van der Waals surface area contributed by atoms with Crippen molar-refractivity contribution in [3.05, 3.63) is 58.7 Å². The molecule has 1 aromatic heterocycles. The predicted molar refractivity (Wildman–Crippen MR) is 120 cm³/mol. The van der Waals surface area contributed by atoms with E-state index < -0.39 is 38.8 Å². The summed E-state index contributed by atoms with van der Waals surface area (Å²) < 4.78 is 46.7. The number of carbonyl (C=O) groups is 1. The first-order valence-electron chi connectivity index (χ1n) is 10.5. The molecule has 0 bridgehead atoms. The van der Waals surface area contributed by atoms with E-state index in [2.05, 4.69) is 10.2 Å². The highest BCUT2D eigenvalue weighted by atomic mass is 35.5. The van der Waals surface area contributed by atoms with E-state index >= 15 is 4.39 Å². The number of halogens is 2. The Kier molecular flexibility index (Phi) is 5.47. The van der Waals surface area contributed by atoms with Crippen molar-refractivity contribution in [3.63, 3.8) is 0 Å². The number of hydrogen-bond donors (Lipinski definition) is 2. The fourth-order valence-electron chi connectivity index (χ4n) is 3.96. The van der Waals surface area contributed by atoms with Gasteiger partial charge < -0.3 is 20.2 Å². The van der Waals surface area contributed by atoms with Gasteiger partial charge >= 0.3 is 0 Å². The lowest BCUT2D eigenvalue weighted by Gasteiger charge is -2.24. The smallest absolute Gasteiger partial charge is 0.250 e. The van der Waals surface area contributed by atoms with Gasteiger partial charge in [-0.3, -0.25) is 4.79 Å². The van der Waals surface area contributed by atoms with E-state index in [1.54, 1.807) is 24.3 Å². The number of hydrogen-bond acceptors (Lipinski definition) is 8. The lowest BCUT2D eigenvalue weighted by atomic mass is 10.1. The zero-order chi connectivity index (χ0) is 24.3. The van der Waals surface area contributed by atoms with Crippen molar-refractivity contribution in [2.45, 2.75) is 35.7 Å². The predicted octanol–water partition coefficient (Wildman–Crippen LogP) is 2.20. The van der Waals surface area contributed by atoms with Crippen LogP contribution in [0, 0.1) is 5.82 Å². The molecule has 9 nitrogen and oxygen atoms in total. The molecule has 3 N–H and O–H groups in total. The molecule has 0 radical (unpaired) electrons. The molecule has 2 aliphatic rings. The molecule has 178 valence electrons. The number of benzene rings is 2. The number of sulfone groups is 1. The van der Waals surface area contributed by atoms with Crippen LogP contribution < -0.4 is 10.6 Å². The molecular weight excluding hydrogens is 487 g/mol. The van der Waals surface area contributed by atoms with Crippen molar-refractivity contribution in [3.8, 4) is 11.5 Å². The molecule has 12 heteroatoms. The maximum Gasteiger partial charge on any atom is 0.250 e. The Morgan fingerprint density at radius 1 is 1.24 bits per heavy atom. The lowest BCUT2D eigenvalue weighted by molar-refractivity contribution is -0.119. The fraction of sp³-hybridized carbons (Fsp3) is 0.318. The van der Waals surface area contributed by atoms with Gasteiger partial charge in [-0.2, -0.15) is 0 Å². The Hall–Kier alpha value is -2.86. The Morgan fingerprint density at radius 3 is 2.59 bits per heavy atom. The molecule has 0 spiro atoms. The summed E-state index contributed by atoms with van der Waals surface area (Å²) in [5.41, 5.74) is 5.76. The van der Waals surface area contributed by atoms with Crippen molar-refractivity contribution < 1.29 is 27.1 Å². The Balaban J connectivity index is 1.64. The zero-order valence-electron chi connectivity index (χ0n) is 17.7. The summed E-state index contributed by atoms with van der Waals surface area (Å²) >= 11 is 5.95. The van der Waals surface area contributed by atoms with Gasteiger partial charge in [-0.05, 0) is 42.7 Å². The summed E-state index contributed by atoms with van der Waals surface area (Å²) in [4.78, 5) is 14.0. The van der Waals surface area contributed by atoms with Gasteiger partial charge in [0.05, 0.1) is 46.5 Å². The highest BCUT2D eigenvalue weighted by Crippen LogP contribution is 2.47. The second kappa shape index (κ2) is 8.12. The average molecular weight is 507 g/mol. The van der Waals surface area contributed by atoms with E-state index in [1.165, 1.54) is 11.0 Å². The van der Waals surface area contributed by atoms with Crippen LogP contribution in [0.15, 0.2) is 45.7 Å². The van der Waals surface area contributed by atoms with E-state index in [1.807, 2.05) is 0 Å². The Bertz CT molecular complexity index is 1390. The van der Waals surface area contributed by atoms with E-state index in [0.717, 1.165) is 6.07 Å². The molecule has 1 amide bonds. The van der Waals surface area contributed by atoms with Gasteiger partial charge in [-0.1, -0.05) is 23.7 Å². The Morgan fingerprint density at radius 2 is 1.94 bits per heavy atom. The third-order valence-electron chi connectivity index (χ3n) is 6.18. The van der Waals surface area contributed by atoms with Gasteiger partial charge in [0.25, 0.3) is 5.89 Å². The maximum absolute atomic E-state index is 15.1. The highest BCUT2D eigenvalue weighted by Gasteiger charge is 2.49. The number of aliphatic hydroxyl groups is 1. The summed E-state index contributed by atoms with van der Waals surface area (Å²) in [7, 11) is -4.07. The third-order valence-corrected chi connectivity index (χ3v) is 8.22. The lowest BCUT2D eigenvalue weighted by Crippen LogP contribution is -2.45. The topological polar surface area (TPSA) is 140 Å². The number of carbonyl (C=O) groups excluding carboxylic acids is 1. The first-order valence-corrected chi connectivity index (χ1v) is 12.5. The second-order valence-corrected chi connectivity index (χ2v) is 11.0. The second-order valence-electron chi connectivity index (χ2n) is 8.59. The van der Waals surface area contributed by atoms with Crippen LogP contribution in [0.25, 0.3) is 11.5 Å². The Labute approximate surface area is 199 Å². The standard InChI is InChI=1S/C22H20ClFN4O5S/c23-13-3-1-12(2-4-13)9-28-17-7-14(19-26-27-21(33-19)22(11-29)5-6-22)15(24)8-18(17)34(31,32)10-16(25)20(28)30/h1-4,7-8,16,29H,5-6,9-11,25H2/t16-/m0/s1. The summed E-state index contributed by atoms with van der Waals surface area (Å²) in [6, 6.07) is 7.40. The maximum atomic E-state index is 15.1. The van der Waals surface area contributed by atoms with E-state index in [9.17, 15) is 18.3 Å². The van der Waals surface area contributed by atoms with Gasteiger partial charge in [0.1, 0.15) is 5.82 Å². The largest absolute Gasteiger partial charge is 0.420 e. The molecule has 0 saturated heterocycles. The number of amides is 1. The minimum Gasteiger partial charge on any atom is -0.420 e. The summed E-state index contributed by atoms with van der Waals surface area (Å²) in [5.74, 6) is -2.18. The molecule has 1 atom stereocenters. The van der Waals surface area contributed by atoms with Crippen LogP contribution in [0.5, 0.6) is 0 Å². The average Bonchev–Trinajstić information content (AvgIpc) is 3.46. The van der Waals surface area contributed by atoms with Crippen LogP contribution in [0.3, 0.4) is 0 Å². The normalized spacial score (nSPS) is 20.6. The van der Waals surface area contributed by atoms with E-state index in [0.29, 0.717) is 23.4 Å². The first kappa shape index (κ1) is 22.9. The quantitative estimate of drug-likeness (QED) is 0.536. The first-order chi connectivity index (χ1) is 16.1. The summed E-state index contributed by atoms with van der Waals surface area (Å²) in [6.45, 7) is -0.194. The van der Waals surface area contributed by atoms with Gasteiger partial charge in [0.2, 0.25) is 11.8 Å². The van der Waals surface area contributed by atoms with Crippen molar-refractivity contribution >= 4 is 33.0 Å². The van der Waals surface area contributed by atoms with E-state index in [-0.39, 0.29) is 41.1 Å². The van der Waals surface area contributed by atoms with Crippen LogP contribution in [-0.4, -0.2) is 48.0 Å². The zero-order valence-corrected chi connectivity index (χ0v) is 19.3. The molecule has 2 heterocycles. The molecular formula is C22H20ClFN4O5S.